The highest BCUT2D eigenvalue weighted by atomic mass is 16.2. The van der Waals surface area contributed by atoms with Crippen molar-refractivity contribution in [2.75, 3.05) is 19.6 Å². The molecule has 3 heterocycles. The van der Waals surface area contributed by atoms with E-state index in [1.54, 1.807) is 0 Å². The Morgan fingerprint density at radius 2 is 1.81 bits per heavy atom. The molecule has 1 aromatic heterocycles. The Morgan fingerprint density at radius 1 is 1.00 bits per heavy atom. The fourth-order valence-corrected chi connectivity index (χ4v) is 4.50. The van der Waals surface area contributed by atoms with Crippen molar-refractivity contribution in [2.45, 2.75) is 38.3 Å². The summed E-state index contributed by atoms with van der Waals surface area (Å²) in [6.45, 7) is 4.01. The number of rotatable bonds is 5. The molecule has 1 aromatic carbocycles. The molecule has 4 heteroatoms. The van der Waals surface area contributed by atoms with Gasteiger partial charge in [-0.3, -0.25) is 14.7 Å². The summed E-state index contributed by atoms with van der Waals surface area (Å²) in [5.74, 6) is 0.962. The standard InChI is InChI=1S/C22H27N3O/c26-22-7-6-20-17-24(16-19-8-12-23-13-9-19)14-11-21(20)25(22)15-10-18-4-2-1-3-5-18/h1-5,8-9,12-13,20-21H,6-7,10-11,14-17H2/t20-,21+/m0/s1. The molecule has 4 nitrogen and oxygen atoms in total. The molecule has 2 aromatic rings. The topological polar surface area (TPSA) is 36.4 Å². The Balaban J connectivity index is 1.37. The average molecular weight is 349 g/mol. The van der Waals surface area contributed by atoms with Crippen LogP contribution in [0.3, 0.4) is 0 Å². The molecular formula is C22H27N3O. The molecular weight excluding hydrogens is 322 g/mol. The minimum atomic E-state index is 0.352. The minimum Gasteiger partial charge on any atom is -0.339 e. The maximum absolute atomic E-state index is 12.5. The first-order chi connectivity index (χ1) is 12.8. The summed E-state index contributed by atoms with van der Waals surface area (Å²) >= 11 is 0. The van der Waals surface area contributed by atoms with Crippen molar-refractivity contribution >= 4 is 5.91 Å². The van der Waals surface area contributed by atoms with Crippen LogP contribution in [0.15, 0.2) is 54.9 Å². The lowest BCUT2D eigenvalue weighted by Gasteiger charge is -2.47. The van der Waals surface area contributed by atoms with Gasteiger partial charge in [0.1, 0.15) is 0 Å². The normalized spacial score (nSPS) is 23.7. The summed E-state index contributed by atoms with van der Waals surface area (Å²) in [5.41, 5.74) is 2.64. The number of hydrogen-bond acceptors (Lipinski definition) is 3. The van der Waals surface area contributed by atoms with E-state index < -0.39 is 0 Å². The van der Waals surface area contributed by atoms with Gasteiger partial charge in [0, 0.05) is 51.0 Å². The molecule has 0 N–H and O–H groups in total. The molecule has 2 aliphatic rings. The largest absolute Gasteiger partial charge is 0.339 e. The zero-order chi connectivity index (χ0) is 17.8. The number of nitrogens with zero attached hydrogens (tertiary/aromatic N) is 3. The molecule has 0 saturated carbocycles. The molecule has 2 aliphatic heterocycles. The maximum atomic E-state index is 12.5. The van der Waals surface area contributed by atoms with Crippen LogP contribution in [0.2, 0.25) is 0 Å². The number of carbonyl (C=O) groups is 1. The first-order valence-corrected chi connectivity index (χ1v) is 9.74. The van der Waals surface area contributed by atoms with E-state index in [1.165, 1.54) is 11.1 Å². The molecule has 4 rings (SSSR count). The quantitative estimate of drug-likeness (QED) is 0.832. The maximum Gasteiger partial charge on any atom is 0.222 e. The third-order valence-corrected chi connectivity index (χ3v) is 5.87. The molecule has 2 atom stereocenters. The highest BCUT2D eigenvalue weighted by Gasteiger charge is 2.38. The zero-order valence-electron chi connectivity index (χ0n) is 15.3. The summed E-state index contributed by atoms with van der Waals surface area (Å²) in [5, 5.41) is 0. The number of aromatic nitrogens is 1. The molecule has 0 radical (unpaired) electrons. The van der Waals surface area contributed by atoms with Crippen LogP contribution >= 0.6 is 0 Å². The van der Waals surface area contributed by atoms with Gasteiger partial charge in [0.15, 0.2) is 0 Å². The van der Waals surface area contributed by atoms with E-state index in [0.717, 1.165) is 45.4 Å². The number of hydrogen-bond donors (Lipinski definition) is 0. The van der Waals surface area contributed by atoms with E-state index in [9.17, 15) is 4.79 Å². The van der Waals surface area contributed by atoms with E-state index in [4.69, 9.17) is 0 Å². The first-order valence-electron chi connectivity index (χ1n) is 9.74. The van der Waals surface area contributed by atoms with Crippen molar-refractivity contribution in [3.05, 3.63) is 66.0 Å². The monoisotopic (exact) mass is 349 g/mol. The molecule has 26 heavy (non-hydrogen) atoms. The Morgan fingerprint density at radius 3 is 2.62 bits per heavy atom. The number of likely N-dealkylation sites (tertiary alicyclic amines) is 2. The van der Waals surface area contributed by atoms with Crippen LogP contribution in [0.4, 0.5) is 0 Å². The van der Waals surface area contributed by atoms with E-state index >= 15 is 0 Å². The number of carbonyl (C=O) groups excluding carboxylic acids is 1. The molecule has 136 valence electrons. The van der Waals surface area contributed by atoms with Crippen molar-refractivity contribution < 1.29 is 4.79 Å². The second-order valence-corrected chi connectivity index (χ2v) is 7.57. The smallest absolute Gasteiger partial charge is 0.222 e. The van der Waals surface area contributed by atoms with Gasteiger partial charge >= 0.3 is 0 Å². The highest BCUT2D eigenvalue weighted by molar-refractivity contribution is 5.77. The summed E-state index contributed by atoms with van der Waals surface area (Å²) in [7, 11) is 0. The lowest BCUT2D eigenvalue weighted by molar-refractivity contribution is -0.141. The summed E-state index contributed by atoms with van der Waals surface area (Å²) in [6, 6.07) is 15.1. The minimum absolute atomic E-state index is 0.352. The fraction of sp³-hybridized carbons (Fsp3) is 0.455. The van der Waals surface area contributed by atoms with Crippen LogP contribution in [0, 0.1) is 5.92 Å². The molecule has 2 saturated heterocycles. The number of pyridine rings is 1. The molecule has 1 amide bonds. The summed E-state index contributed by atoms with van der Waals surface area (Å²) in [4.78, 5) is 21.4. The molecule has 0 spiro atoms. The van der Waals surface area contributed by atoms with Gasteiger partial charge in [0.05, 0.1) is 0 Å². The van der Waals surface area contributed by atoms with Crippen molar-refractivity contribution in [1.29, 1.82) is 0 Å². The van der Waals surface area contributed by atoms with Gasteiger partial charge in [-0.2, -0.15) is 0 Å². The van der Waals surface area contributed by atoms with Crippen molar-refractivity contribution in [2.24, 2.45) is 5.92 Å². The number of amides is 1. The second-order valence-electron chi connectivity index (χ2n) is 7.57. The Labute approximate surface area is 155 Å². The average Bonchev–Trinajstić information content (AvgIpc) is 2.69. The van der Waals surface area contributed by atoms with Crippen molar-refractivity contribution in [1.82, 2.24) is 14.8 Å². The predicted octanol–water partition coefficient (Wildman–Crippen LogP) is 3.14. The lowest BCUT2D eigenvalue weighted by Crippen LogP contribution is -2.56. The summed E-state index contributed by atoms with van der Waals surface area (Å²) in [6.07, 6.45) is 7.53. The van der Waals surface area contributed by atoms with Gasteiger partial charge in [-0.25, -0.2) is 0 Å². The van der Waals surface area contributed by atoms with Crippen LogP contribution in [-0.2, 0) is 17.8 Å². The zero-order valence-corrected chi connectivity index (χ0v) is 15.3. The van der Waals surface area contributed by atoms with Gasteiger partial charge in [-0.1, -0.05) is 30.3 Å². The predicted molar refractivity (Wildman–Crippen MR) is 103 cm³/mol. The van der Waals surface area contributed by atoms with Crippen molar-refractivity contribution in [3.8, 4) is 0 Å². The third-order valence-electron chi connectivity index (χ3n) is 5.87. The fourth-order valence-electron chi connectivity index (χ4n) is 4.50. The van der Waals surface area contributed by atoms with Crippen LogP contribution in [0.5, 0.6) is 0 Å². The van der Waals surface area contributed by atoms with Gasteiger partial charge in [-0.15, -0.1) is 0 Å². The van der Waals surface area contributed by atoms with Gasteiger partial charge in [-0.05, 0) is 48.4 Å². The molecule has 0 unspecified atom stereocenters. The van der Waals surface area contributed by atoms with E-state index in [2.05, 4.69) is 51.2 Å². The Hall–Kier alpha value is -2.20. The Bertz CT molecular complexity index is 719. The SMILES string of the molecule is O=C1CC[C@H]2CN(Cc3ccncc3)CC[C@H]2N1CCc1ccccc1. The number of piperidine rings is 2. The van der Waals surface area contributed by atoms with Crippen LogP contribution in [0.25, 0.3) is 0 Å². The number of benzene rings is 1. The number of fused-ring (bicyclic) bond motifs is 1. The van der Waals surface area contributed by atoms with Gasteiger partial charge < -0.3 is 4.90 Å². The molecule has 0 aliphatic carbocycles. The third kappa shape index (κ3) is 3.96. The lowest BCUT2D eigenvalue weighted by atomic mass is 9.83. The van der Waals surface area contributed by atoms with E-state index in [-0.39, 0.29) is 0 Å². The second kappa shape index (κ2) is 8.00. The first kappa shape index (κ1) is 17.2. The molecule has 2 fully saturated rings. The van der Waals surface area contributed by atoms with Crippen LogP contribution in [0.1, 0.15) is 30.4 Å². The van der Waals surface area contributed by atoms with Crippen molar-refractivity contribution in [3.63, 3.8) is 0 Å². The molecule has 0 bridgehead atoms. The van der Waals surface area contributed by atoms with E-state index in [1.807, 2.05) is 18.5 Å². The van der Waals surface area contributed by atoms with Crippen LogP contribution < -0.4 is 0 Å². The summed E-state index contributed by atoms with van der Waals surface area (Å²) < 4.78 is 0. The highest BCUT2D eigenvalue weighted by Crippen LogP contribution is 2.32. The van der Waals surface area contributed by atoms with Crippen LogP contribution in [-0.4, -0.2) is 46.4 Å². The van der Waals surface area contributed by atoms with E-state index in [0.29, 0.717) is 24.3 Å². The Kier molecular flexibility index (Phi) is 5.30. The van der Waals surface area contributed by atoms with Gasteiger partial charge in [0.25, 0.3) is 0 Å². The van der Waals surface area contributed by atoms with Gasteiger partial charge in [0.2, 0.25) is 5.91 Å².